The van der Waals surface area contributed by atoms with Gasteiger partial charge in [0.05, 0.1) is 13.2 Å². The topological polar surface area (TPSA) is 118 Å². The van der Waals surface area contributed by atoms with Crippen LogP contribution in [0.3, 0.4) is 0 Å². The first-order valence-corrected chi connectivity index (χ1v) is 9.67. The van der Waals surface area contributed by atoms with Crippen LogP contribution in [0.4, 0.5) is 4.79 Å². The second kappa shape index (κ2) is 14.0. The summed E-state index contributed by atoms with van der Waals surface area (Å²) >= 11 is 0. The highest BCUT2D eigenvalue weighted by molar-refractivity contribution is 5.84. The molecule has 1 aromatic carbocycles. The zero-order chi connectivity index (χ0) is 21.5. The Kier molecular flexibility index (Phi) is 11.6. The summed E-state index contributed by atoms with van der Waals surface area (Å²) in [5.74, 6) is -1.19. The number of methoxy groups -OCH3 is 1. The normalized spacial score (nSPS) is 12.2. The fourth-order valence-electron chi connectivity index (χ4n) is 2.58. The molecule has 0 aliphatic carbocycles. The van der Waals surface area contributed by atoms with Gasteiger partial charge in [-0.2, -0.15) is 5.26 Å². The first-order chi connectivity index (χ1) is 14.0. The van der Waals surface area contributed by atoms with Gasteiger partial charge in [0.2, 0.25) is 5.91 Å². The van der Waals surface area contributed by atoms with E-state index >= 15 is 0 Å². The van der Waals surface area contributed by atoms with Crippen molar-refractivity contribution < 1.29 is 23.9 Å². The minimum Gasteiger partial charge on any atom is -0.467 e. The number of alkyl carbamates (subject to hydrolysis) is 1. The van der Waals surface area contributed by atoms with Crippen LogP contribution < -0.4 is 10.6 Å². The lowest BCUT2D eigenvalue weighted by molar-refractivity contribution is -0.145. The number of amides is 2. The first-order valence-electron chi connectivity index (χ1n) is 9.67. The molecule has 1 aromatic rings. The Bertz CT molecular complexity index is 687. The molecule has 0 saturated carbocycles. The number of ether oxygens (including phenoxy) is 2. The molecule has 0 fully saturated rings. The summed E-state index contributed by atoms with van der Waals surface area (Å²) in [6.45, 7) is 2.36. The molecule has 0 bridgehead atoms. The van der Waals surface area contributed by atoms with Crippen LogP contribution in [0.5, 0.6) is 0 Å². The highest BCUT2D eigenvalue weighted by Crippen LogP contribution is 2.08. The Hall–Kier alpha value is -3.08. The molecular formula is C21H29N3O5. The molecule has 0 heterocycles. The summed E-state index contributed by atoms with van der Waals surface area (Å²) in [6.07, 6.45) is 2.06. The van der Waals surface area contributed by atoms with Gasteiger partial charge in [-0.25, -0.2) is 9.59 Å². The maximum absolute atomic E-state index is 12.0. The highest BCUT2D eigenvalue weighted by atomic mass is 16.5. The largest absolute Gasteiger partial charge is 0.467 e. The summed E-state index contributed by atoms with van der Waals surface area (Å²) in [5.41, 5.74) is 0.920. The van der Waals surface area contributed by atoms with E-state index in [9.17, 15) is 14.4 Å². The van der Waals surface area contributed by atoms with Gasteiger partial charge in [-0.1, -0.05) is 36.8 Å². The molecule has 8 nitrogen and oxygen atoms in total. The smallest absolute Gasteiger partial charge is 0.407 e. The monoisotopic (exact) mass is 403 g/mol. The standard InChI is InChI=1S/C21H29N3O5/c1-16(14-22)13-18(20(26)28-2)24-19(25)11-7-4-8-12-23-21(27)29-15-17-9-5-3-6-10-17/h3,5-6,9-10,16,18H,4,7-8,11-13,15H2,1-2H3,(H,23,27)(H,24,25)/t16-,18-/m0/s1. The summed E-state index contributed by atoms with van der Waals surface area (Å²) in [7, 11) is 1.25. The van der Waals surface area contributed by atoms with Crippen molar-refractivity contribution in [3.05, 3.63) is 35.9 Å². The van der Waals surface area contributed by atoms with Gasteiger partial charge in [-0.05, 0) is 31.7 Å². The van der Waals surface area contributed by atoms with Crippen LogP contribution in [0.1, 0.15) is 44.6 Å². The van der Waals surface area contributed by atoms with Crippen LogP contribution in [-0.4, -0.2) is 37.7 Å². The van der Waals surface area contributed by atoms with Crippen LogP contribution in [0, 0.1) is 17.2 Å². The molecule has 0 radical (unpaired) electrons. The molecule has 2 N–H and O–H groups in total. The quantitative estimate of drug-likeness (QED) is 0.409. The van der Waals surface area contributed by atoms with E-state index in [4.69, 9.17) is 10.00 Å². The Morgan fingerprint density at radius 3 is 2.52 bits per heavy atom. The Labute approximate surface area is 171 Å². The minimum absolute atomic E-state index is 0.212. The second-order valence-electron chi connectivity index (χ2n) is 6.71. The summed E-state index contributed by atoms with van der Waals surface area (Å²) < 4.78 is 9.78. The number of hydrogen-bond acceptors (Lipinski definition) is 6. The first kappa shape index (κ1) is 24.0. The third-order valence-electron chi connectivity index (χ3n) is 4.19. The van der Waals surface area contributed by atoms with Gasteiger partial charge in [0.15, 0.2) is 0 Å². The van der Waals surface area contributed by atoms with E-state index in [0.717, 1.165) is 12.0 Å². The van der Waals surface area contributed by atoms with Crippen molar-refractivity contribution in [1.29, 1.82) is 5.26 Å². The van der Waals surface area contributed by atoms with Gasteiger partial charge >= 0.3 is 12.1 Å². The summed E-state index contributed by atoms with van der Waals surface area (Å²) in [4.78, 5) is 35.4. The molecule has 29 heavy (non-hydrogen) atoms. The highest BCUT2D eigenvalue weighted by Gasteiger charge is 2.23. The number of nitrogens with zero attached hydrogens (tertiary/aromatic N) is 1. The summed E-state index contributed by atoms with van der Waals surface area (Å²) in [6, 6.07) is 10.6. The van der Waals surface area contributed by atoms with E-state index in [-0.39, 0.29) is 31.3 Å². The van der Waals surface area contributed by atoms with Crippen molar-refractivity contribution >= 4 is 18.0 Å². The summed E-state index contributed by atoms with van der Waals surface area (Å²) in [5, 5.41) is 14.2. The van der Waals surface area contributed by atoms with Crippen molar-refractivity contribution in [3.63, 3.8) is 0 Å². The van der Waals surface area contributed by atoms with E-state index < -0.39 is 18.1 Å². The van der Waals surface area contributed by atoms with Gasteiger partial charge in [-0.3, -0.25) is 4.79 Å². The maximum atomic E-state index is 12.0. The van der Waals surface area contributed by atoms with E-state index in [1.165, 1.54) is 7.11 Å². The predicted octanol–water partition coefficient (Wildman–Crippen LogP) is 2.68. The maximum Gasteiger partial charge on any atom is 0.407 e. The van der Waals surface area contributed by atoms with Gasteiger partial charge in [0, 0.05) is 18.9 Å². The third-order valence-corrected chi connectivity index (χ3v) is 4.19. The number of carbonyl (C=O) groups is 3. The van der Waals surface area contributed by atoms with Crippen molar-refractivity contribution in [1.82, 2.24) is 10.6 Å². The van der Waals surface area contributed by atoms with Crippen LogP contribution >= 0.6 is 0 Å². The lowest BCUT2D eigenvalue weighted by Crippen LogP contribution is -2.42. The minimum atomic E-state index is -0.816. The van der Waals surface area contributed by atoms with Crippen LogP contribution in [0.25, 0.3) is 0 Å². The van der Waals surface area contributed by atoms with Gasteiger partial charge in [0.1, 0.15) is 12.6 Å². The molecule has 1 rings (SSSR count). The van der Waals surface area contributed by atoms with Crippen LogP contribution in [-0.2, 0) is 25.7 Å². The lowest BCUT2D eigenvalue weighted by atomic mass is 10.0. The Morgan fingerprint density at radius 1 is 1.14 bits per heavy atom. The lowest BCUT2D eigenvalue weighted by Gasteiger charge is -2.17. The number of esters is 1. The Balaban J connectivity index is 2.15. The molecule has 0 aliphatic rings. The molecule has 0 aliphatic heterocycles. The zero-order valence-electron chi connectivity index (χ0n) is 17.0. The van der Waals surface area contributed by atoms with Crippen molar-refractivity contribution in [3.8, 4) is 6.07 Å². The van der Waals surface area contributed by atoms with Gasteiger partial charge in [0.25, 0.3) is 0 Å². The SMILES string of the molecule is COC(=O)[C@H](C[C@H](C)C#N)NC(=O)CCCCCNC(=O)OCc1ccccc1. The number of carbonyl (C=O) groups excluding carboxylic acids is 3. The number of hydrogen-bond donors (Lipinski definition) is 2. The molecule has 0 unspecified atom stereocenters. The fraction of sp³-hybridized carbons (Fsp3) is 0.524. The average molecular weight is 403 g/mol. The van der Waals surface area contributed by atoms with Gasteiger partial charge in [-0.15, -0.1) is 0 Å². The van der Waals surface area contributed by atoms with E-state index in [1.807, 2.05) is 36.4 Å². The number of unbranched alkanes of at least 4 members (excludes halogenated alkanes) is 2. The molecule has 8 heteroatoms. The second-order valence-corrected chi connectivity index (χ2v) is 6.71. The third kappa shape index (κ3) is 10.7. The van der Waals surface area contributed by atoms with Crippen molar-refractivity contribution in [2.75, 3.05) is 13.7 Å². The van der Waals surface area contributed by atoms with Crippen LogP contribution in [0.2, 0.25) is 0 Å². The van der Waals surface area contributed by atoms with Crippen molar-refractivity contribution in [2.45, 2.75) is 51.7 Å². The molecule has 2 atom stereocenters. The molecular weight excluding hydrogens is 374 g/mol. The molecule has 0 spiro atoms. The van der Waals surface area contributed by atoms with E-state index in [2.05, 4.69) is 15.4 Å². The fourth-order valence-corrected chi connectivity index (χ4v) is 2.58. The van der Waals surface area contributed by atoms with Crippen LogP contribution in [0.15, 0.2) is 30.3 Å². The molecule has 0 aromatic heterocycles. The number of nitriles is 1. The average Bonchev–Trinajstić information content (AvgIpc) is 2.74. The van der Waals surface area contributed by atoms with E-state index in [1.54, 1.807) is 6.92 Å². The Morgan fingerprint density at radius 2 is 1.86 bits per heavy atom. The number of rotatable bonds is 12. The van der Waals surface area contributed by atoms with Crippen molar-refractivity contribution in [2.24, 2.45) is 5.92 Å². The predicted molar refractivity (Wildman–Crippen MR) is 106 cm³/mol. The van der Waals surface area contributed by atoms with E-state index in [0.29, 0.717) is 19.4 Å². The number of nitrogens with one attached hydrogen (secondary N) is 2. The molecule has 158 valence electrons. The number of benzene rings is 1. The molecule has 2 amide bonds. The molecule has 0 saturated heterocycles. The van der Waals surface area contributed by atoms with Gasteiger partial charge < -0.3 is 20.1 Å². The zero-order valence-corrected chi connectivity index (χ0v) is 17.0.